The molecule has 3 aromatic rings. The summed E-state index contributed by atoms with van der Waals surface area (Å²) in [4.78, 5) is 14.5. The average Bonchev–Trinajstić information content (AvgIpc) is 3.10. The first-order chi connectivity index (χ1) is 14.3. The van der Waals surface area contributed by atoms with Crippen LogP contribution in [-0.2, 0) is 14.8 Å². The molecule has 1 saturated heterocycles. The van der Waals surface area contributed by atoms with Crippen LogP contribution in [-0.4, -0.2) is 20.1 Å². The second-order valence-electron chi connectivity index (χ2n) is 6.95. The van der Waals surface area contributed by atoms with Crippen molar-refractivity contribution in [3.05, 3.63) is 88.4 Å². The summed E-state index contributed by atoms with van der Waals surface area (Å²) in [5, 5.41) is -0.211. The van der Waals surface area contributed by atoms with Gasteiger partial charge in [-0.2, -0.15) is 0 Å². The van der Waals surface area contributed by atoms with Gasteiger partial charge in [0.2, 0.25) is 5.91 Å². The van der Waals surface area contributed by atoms with E-state index in [0.29, 0.717) is 11.4 Å². The molecule has 0 aliphatic carbocycles. The number of rotatable bonds is 5. The molecule has 0 saturated carbocycles. The van der Waals surface area contributed by atoms with E-state index in [-0.39, 0.29) is 16.2 Å². The number of hydrogen-bond donors (Lipinski definition) is 1. The van der Waals surface area contributed by atoms with E-state index < -0.39 is 10.0 Å². The van der Waals surface area contributed by atoms with Crippen LogP contribution in [0, 0.1) is 6.92 Å². The highest BCUT2D eigenvalue weighted by molar-refractivity contribution is 9.10. The van der Waals surface area contributed by atoms with Gasteiger partial charge in [-0.05, 0) is 61.0 Å². The molecule has 4 rings (SSSR count). The largest absolute Gasteiger partial charge is 0.295 e. The van der Waals surface area contributed by atoms with Crippen molar-refractivity contribution in [1.82, 2.24) is 0 Å². The maximum Gasteiger partial charge on any atom is 0.261 e. The molecule has 1 fully saturated rings. The van der Waals surface area contributed by atoms with Crippen molar-refractivity contribution in [2.45, 2.75) is 17.2 Å². The number of carbonyl (C=O) groups is 1. The Morgan fingerprint density at radius 1 is 1.03 bits per heavy atom. The molecule has 1 heterocycles. The van der Waals surface area contributed by atoms with Crippen LogP contribution in [0.5, 0.6) is 0 Å². The van der Waals surface area contributed by atoms with Crippen LogP contribution in [0.25, 0.3) is 0 Å². The van der Waals surface area contributed by atoms with Gasteiger partial charge in [-0.15, -0.1) is 11.8 Å². The molecule has 0 radical (unpaired) electrons. The number of anilines is 2. The Labute approximate surface area is 188 Å². The topological polar surface area (TPSA) is 66.5 Å². The smallest absolute Gasteiger partial charge is 0.261 e. The molecule has 30 heavy (non-hydrogen) atoms. The molecule has 1 atom stereocenters. The molecule has 0 spiro atoms. The lowest BCUT2D eigenvalue weighted by Gasteiger charge is -2.25. The number of hydrogen-bond acceptors (Lipinski definition) is 4. The lowest BCUT2D eigenvalue weighted by atomic mass is 10.1. The Morgan fingerprint density at radius 2 is 1.73 bits per heavy atom. The highest BCUT2D eigenvalue weighted by atomic mass is 79.9. The highest BCUT2D eigenvalue weighted by Crippen LogP contribution is 2.42. The van der Waals surface area contributed by atoms with Gasteiger partial charge in [-0.1, -0.05) is 45.8 Å². The highest BCUT2D eigenvalue weighted by Gasteiger charge is 2.34. The fourth-order valence-corrected chi connectivity index (χ4v) is 5.72. The van der Waals surface area contributed by atoms with E-state index in [9.17, 15) is 13.2 Å². The summed E-state index contributed by atoms with van der Waals surface area (Å²) in [6.45, 7) is 2.00. The summed E-state index contributed by atoms with van der Waals surface area (Å²) in [5.74, 6) is 0.419. The van der Waals surface area contributed by atoms with Crippen LogP contribution in [0.15, 0.2) is 82.2 Å². The van der Waals surface area contributed by atoms with Gasteiger partial charge in [0.25, 0.3) is 10.0 Å². The van der Waals surface area contributed by atoms with Crippen molar-refractivity contribution < 1.29 is 13.2 Å². The van der Waals surface area contributed by atoms with E-state index in [4.69, 9.17) is 0 Å². The van der Waals surface area contributed by atoms with Gasteiger partial charge < -0.3 is 0 Å². The average molecular weight is 503 g/mol. The number of halogens is 1. The molecule has 8 heteroatoms. The van der Waals surface area contributed by atoms with Crippen LogP contribution in [0.4, 0.5) is 11.4 Å². The van der Waals surface area contributed by atoms with Crippen molar-refractivity contribution in [2.24, 2.45) is 0 Å². The second kappa shape index (κ2) is 8.45. The maximum atomic E-state index is 12.7. The third kappa shape index (κ3) is 4.40. The standard InChI is InChI=1S/C22H19BrN2O3S2/c1-15-5-9-19(10-6-15)25-21(26)14-29-22(25)16-3-2-4-18(13-16)24-30(27,28)20-11-7-17(23)8-12-20/h2-13,22,24H,14H2,1H3. The number of amides is 1. The lowest BCUT2D eigenvalue weighted by Crippen LogP contribution is -2.27. The quantitative estimate of drug-likeness (QED) is 0.511. The van der Waals surface area contributed by atoms with Crippen LogP contribution in [0.2, 0.25) is 0 Å². The van der Waals surface area contributed by atoms with Gasteiger partial charge in [0, 0.05) is 15.8 Å². The van der Waals surface area contributed by atoms with Crippen LogP contribution in [0.1, 0.15) is 16.5 Å². The number of aryl methyl sites for hydroxylation is 1. The number of benzene rings is 3. The third-order valence-corrected chi connectivity index (χ3v) is 7.87. The molecule has 154 valence electrons. The van der Waals surface area contributed by atoms with Crippen molar-refractivity contribution >= 4 is 55.0 Å². The van der Waals surface area contributed by atoms with E-state index in [1.54, 1.807) is 47.4 Å². The lowest BCUT2D eigenvalue weighted by molar-refractivity contribution is -0.115. The Bertz CT molecular complexity index is 1180. The van der Waals surface area contributed by atoms with E-state index in [0.717, 1.165) is 21.3 Å². The van der Waals surface area contributed by atoms with Gasteiger partial charge in [0.15, 0.2) is 0 Å². The zero-order chi connectivity index (χ0) is 21.3. The normalized spacial score (nSPS) is 16.7. The Hall–Kier alpha value is -2.29. The molecule has 3 aromatic carbocycles. The van der Waals surface area contributed by atoms with E-state index in [1.807, 2.05) is 37.3 Å². The SMILES string of the molecule is Cc1ccc(N2C(=O)CSC2c2cccc(NS(=O)(=O)c3ccc(Br)cc3)c2)cc1. The van der Waals surface area contributed by atoms with Gasteiger partial charge in [0.1, 0.15) is 5.37 Å². The Kier molecular flexibility index (Phi) is 5.90. The number of carbonyl (C=O) groups excluding carboxylic acids is 1. The predicted molar refractivity (Wildman–Crippen MR) is 125 cm³/mol. The summed E-state index contributed by atoms with van der Waals surface area (Å²) in [7, 11) is -3.71. The Morgan fingerprint density at radius 3 is 2.43 bits per heavy atom. The summed E-state index contributed by atoms with van der Waals surface area (Å²) in [5.41, 5.74) is 3.28. The van der Waals surface area contributed by atoms with Crippen LogP contribution < -0.4 is 9.62 Å². The third-order valence-electron chi connectivity index (χ3n) is 4.73. The first-order valence-corrected chi connectivity index (χ1v) is 12.5. The number of sulfonamides is 1. The number of nitrogens with zero attached hydrogens (tertiary/aromatic N) is 1. The number of nitrogens with one attached hydrogen (secondary N) is 1. The van der Waals surface area contributed by atoms with Gasteiger partial charge in [-0.3, -0.25) is 14.4 Å². The Balaban J connectivity index is 1.62. The van der Waals surface area contributed by atoms with Crippen molar-refractivity contribution in [2.75, 3.05) is 15.4 Å². The molecule has 1 aliphatic heterocycles. The minimum atomic E-state index is -3.71. The molecule has 1 unspecified atom stereocenters. The van der Waals surface area contributed by atoms with E-state index in [1.165, 1.54) is 11.8 Å². The number of thioether (sulfide) groups is 1. The molecule has 0 bridgehead atoms. The predicted octanol–water partition coefficient (Wildman–Crippen LogP) is 5.34. The molecule has 1 amide bonds. The van der Waals surface area contributed by atoms with Crippen molar-refractivity contribution in [1.29, 1.82) is 0 Å². The van der Waals surface area contributed by atoms with E-state index >= 15 is 0 Å². The van der Waals surface area contributed by atoms with Crippen LogP contribution in [0.3, 0.4) is 0 Å². The van der Waals surface area contributed by atoms with Gasteiger partial charge in [0.05, 0.1) is 10.6 Å². The van der Waals surface area contributed by atoms with Crippen molar-refractivity contribution in [3.63, 3.8) is 0 Å². The molecular formula is C22H19BrN2O3S2. The van der Waals surface area contributed by atoms with Crippen LogP contribution >= 0.6 is 27.7 Å². The first-order valence-electron chi connectivity index (χ1n) is 9.22. The maximum absolute atomic E-state index is 12.7. The van der Waals surface area contributed by atoms with Crippen molar-refractivity contribution in [3.8, 4) is 0 Å². The summed E-state index contributed by atoms with van der Waals surface area (Å²) in [6, 6.07) is 21.5. The molecule has 5 nitrogen and oxygen atoms in total. The summed E-state index contributed by atoms with van der Waals surface area (Å²) >= 11 is 4.84. The minimum Gasteiger partial charge on any atom is -0.295 e. The zero-order valence-corrected chi connectivity index (χ0v) is 19.3. The first kappa shape index (κ1) is 21.0. The minimum absolute atomic E-state index is 0.0368. The second-order valence-corrected chi connectivity index (χ2v) is 10.6. The molecule has 1 N–H and O–H groups in total. The summed E-state index contributed by atoms with van der Waals surface area (Å²) < 4.78 is 28.9. The zero-order valence-electron chi connectivity index (χ0n) is 16.1. The fraction of sp³-hybridized carbons (Fsp3) is 0.136. The summed E-state index contributed by atoms with van der Waals surface area (Å²) in [6.07, 6.45) is 0. The molecule has 0 aromatic heterocycles. The fourth-order valence-electron chi connectivity index (χ4n) is 3.24. The van der Waals surface area contributed by atoms with Gasteiger partial charge >= 0.3 is 0 Å². The monoisotopic (exact) mass is 502 g/mol. The van der Waals surface area contributed by atoms with E-state index in [2.05, 4.69) is 20.7 Å². The molecule has 1 aliphatic rings. The van der Waals surface area contributed by atoms with Gasteiger partial charge in [-0.25, -0.2) is 8.42 Å². The molecular weight excluding hydrogens is 484 g/mol.